The molecule has 0 bridgehead atoms. The predicted octanol–water partition coefficient (Wildman–Crippen LogP) is 5.02. The normalized spacial score (nSPS) is 13.9. The van der Waals surface area contributed by atoms with E-state index in [1.165, 1.54) is 24.1 Å². The average Bonchev–Trinajstić information content (AvgIpc) is 3.11. The van der Waals surface area contributed by atoms with Crippen LogP contribution in [0.15, 0.2) is 66.4 Å². The topological polar surface area (TPSA) is 17.4 Å². The van der Waals surface area contributed by atoms with Crippen molar-refractivity contribution in [2.24, 2.45) is 0 Å². The molecule has 0 spiro atoms. The quantitative estimate of drug-likeness (QED) is 0.632. The number of nitrogens with zero attached hydrogens (tertiary/aromatic N) is 2. The van der Waals surface area contributed by atoms with Crippen LogP contribution in [0.25, 0.3) is 5.69 Å². The van der Waals surface area contributed by atoms with Crippen LogP contribution in [0.5, 0.6) is 5.75 Å². The summed E-state index contributed by atoms with van der Waals surface area (Å²) in [6.45, 7) is 4.80. The van der Waals surface area contributed by atoms with E-state index in [-0.39, 0.29) is 0 Å². The fourth-order valence-corrected chi connectivity index (χ4v) is 3.38. The molecular formula is C23H30N2O. The van der Waals surface area contributed by atoms with Gasteiger partial charge in [-0.3, -0.25) is 4.90 Å². The van der Waals surface area contributed by atoms with Crippen molar-refractivity contribution < 1.29 is 4.74 Å². The monoisotopic (exact) mass is 350 g/mol. The van der Waals surface area contributed by atoms with Gasteiger partial charge in [-0.15, -0.1) is 0 Å². The molecule has 0 aliphatic heterocycles. The lowest BCUT2D eigenvalue weighted by Crippen LogP contribution is -2.26. The van der Waals surface area contributed by atoms with E-state index in [0.717, 1.165) is 37.4 Å². The standard InChI is InChI=1S/C23H30N2O/c1-3-10-21-13-9-16-25(21)22-14-7-8-15-23(22)26-18-17-24(2)19-20-11-5-4-6-12-20/h5,7-9,11-16H,3-4,6,10,17-19H2,1-2H3. The molecule has 0 saturated carbocycles. The second-order valence-corrected chi connectivity index (χ2v) is 6.93. The van der Waals surface area contributed by atoms with E-state index in [9.17, 15) is 0 Å². The zero-order chi connectivity index (χ0) is 18.2. The Labute approximate surface area is 157 Å². The van der Waals surface area contributed by atoms with Crippen LogP contribution in [-0.4, -0.2) is 36.2 Å². The molecule has 26 heavy (non-hydrogen) atoms. The van der Waals surface area contributed by atoms with E-state index in [1.54, 1.807) is 0 Å². The highest BCUT2D eigenvalue weighted by atomic mass is 16.5. The van der Waals surface area contributed by atoms with Crippen LogP contribution >= 0.6 is 0 Å². The smallest absolute Gasteiger partial charge is 0.143 e. The Morgan fingerprint density at radius 2 is 2.00 bits per heavy atom. The minimum atomic E-state index is 0.689. The number of aryl methyl sites for hydroxylation is 1. The highest BCUT2D eigenvalue weighted by Gasteiger charge is 2.09. The van der Waals surface area contributed by atoms with Crippen LogP contribution in [-0.2, 0) is 6.42 Å². The average molecular weight is 351 g/mol. The molecule has 1 heterocycles. The summed E-state index contributed by atoms with van der Waals surface area (Å²) in [7, 11) is 2.16. The molecule has 3 rings (SSSR count). The maximum Gasteiger partial charge on any atom is 0.143 e. The Morgan fingerprint density at radius 1 is 1.12 bits per heavy atom. The van der Waals surface area contributed by atoms with Gasteiger partial charge in [-0.05, 0) is 56.1 Å². The second kappa shape index (κ2) is 9.44. The van der Waals surface area contributed by atoms with Crippen LogP contribution in [0.3, 0.4) is 0 Å². The van der Waals surface area contributed by atoms with E-state index in [2.05, 4.69) is 78.2 Å². The lowest BCUT2D eigenvalue weighted by atomic mass is 10.1. The van der Waals surface area contributed by atoms with Gasteiger partial charge in [-0.1, -0.05) is 43.7 Å². The van der Waals surface area contributed by atoms with Gasteiger partial charge in [0.2, 0.25) is 0 Å². The number of benzene rings is 1. The first-order valence-electron chi connectivity index (χ1n) is 9.70. The summed E-state index contributed by atoms with van der Waals surface area (Å²) in [6.07, 6.45) is 13.5. The third-order valence-electron chi connectivity index (χ3n) is 4.72. The second-order valence-electron chi connectivity index (χ2n) is 6.93. The predicted molar refractivity (Wildman–Crippen MR) is 109 cm³/mol. The molecule has 0 amide bonds. The van der Waals surface area contributed by atoms with E-state index < -0.39 is 0 Å². The zero-order valence-electron chi connectivity index (χ0n) is 16.0. The van der Waals surface area contributed by atoms with Gasteiger partial charge < -0.3 is 9.30 Å². The number of hydrogen-bond acceptors (Lipinski definition) is 2. The Morgan fingerprint density at radius 3 is 2.81 bits per heavy atom. The maximum atomic E-state index is 6.15. The van der Waals surface area contributed by atoms with Crippen molar-refractivity contribution in [2.45, 2.75) is 32.6 Å². The van der Waals surface area contributed by atoms with Gasteiger partial charge in [0.1, 0.15) is 12.4 Å². The summed E-state index contributed by atoms with van der Waals surface area (Å²) >= 11 is 0. The van der Waals surface area contributed by atoms with Gasteiger partial charge in [0.25, 0.3) is 0 Å². The van der Waals surface area contributed by atoms with Crippen LogP contribution in [0.1, 0.15) is 31.9 Å². The van der Waals surface area contributed by atoms with Crippen molar-refractivity contribution in [1.82, 2.24) is 9.47 Å². The molecule has 1 aliphatic rings. The van der Waals surface area contributed by atoms with E-state index in [0.29, 0.717) is 6.61 Å². The summed E-state index contributed by atoms with van der Waals surface area (Å²) in [5.41, 5.74) is 3.87. The minimum Gasteiger partial charge on any atom is -0.490 e. The molecule has 0 N–H and O–H groups in total. The van der Waals surface area contributed by atoms with Crippen molar-refractivity contribution in [1.29, 1.82) is 0 Å². The van der Waals surface area contributed by atoms with E-state index in [1.807, 2.05) is 6.07 Å². The summed E-state index contributed by atoms with van der Waals surface area (Å²) < 4.78 is 8.40. The number of para-hydroxylation sites is 2. The number of likely N-dealkylation sites (N-methyl/N-ethyl adjacent to an activating group) is 1. The molecule has 3 heteroatoms. The van der Waals surface area contributed by atoms with Crippen molar-refractivity contribution >= 4 is 0 Å². The van der Waals surface area contributed by atoms with E-state index >= 15 is 0 Å². The molecule has 3 nitrogen and oxygen atoms in total. The highest BCUT2D eigenvalue weighted by Crippen LogP contribution is 2.25. The summed E-state index contributed by atoms with van der Waals surface area (Å²) in [6, 6.07) is 12.6. The molecule has 2 aromatic rings. The third kappa shape index (κ3) is 4.89. The highest BCUT2D eigenvalue weighted by molar-refractivity contribution is 5.48. The summed E-state index contributed by atoms with van der Waals surface area (Å²) in [5, 5.41) is 0. The Kier molecular flexibility index (Phi) is 6.73. The molecule has 0 radical (unpaired) electrons. The number of aromatic nitrogens is 1. The minimum absolute atomic E-state index is 0.689. The van der Waals surface area contributed by atoms with Crippen molar-refractivity contribution in [3.63, 3.8) is 0 Å². The molecule has 1 aromatic carbocycles. The van der Waals surface area contributed by atoms with Crippen molar-refractivity contribution in [3.8, 4) is 11.4 Å². The lowest BCUT2D eigenvalue weighted by molar-refractivity contribution is 0.247. The fraction of sp³-hybridized carbons (Fsp3) is 0.391. The van der Waals surface area contributed by atoms with Crippen LogP contribution < -0.4 is 4.74 Å². The Balaban J connectivity index is 1.59. The van der Waals surface area contributed by atoms with Gasteiger partial charge in [0.05, 0.1) is 5.69 Å². The number of ether oxygens (including phenoxy) is 1. The zero-order valence-corrected chi connectivity index (χ0v) is 16.0. The summed E-state index contributed by atoms with van der Waals surface area (Å²) in [5.74, 6) is 0.950. The molecule has 0 atom stereocenters. The molecule has 0 fully saturated rings. The van der Waals surface area contributed by atoms with Gasteiger partial charge in [0, 0.05) is 25.0 Å². The van der Waals surface area contributed by atoms with Gasteiger partial charge >= 0.3 is 0 Å². The molecule has 138 valence electrons. The first kappa shape index (κ1) is 18.5. The summed E-state index contributed by atoms with van der Waals surface area (Å²) in [4.78, 5) is 2.32. The lowest BCUT2D eigenvalue weighted by Gasteiger charge is -2.20. The maximum absolute atomic E-state index is 6.15. The number of rotatable bonds is 9. The largest absolute Gasteiger partial charge is 0.490 e. The van der Waals surface area contributed by atoms with Gasteiger partial charge in [-0.2, -0.15) is 0 Å². The first-order chi connectivity index (χ1) is 12.8. The van der Waals surface area contributed by atoms with Crippen LogP contribution in [0, 0.1) is 0 Å². The first-order valence-corrected chi connectivity index (χ1v) is 9.70. The van der Waals surface area contributed by atoms with Crippen molar-refractivity contribution in [2.75, 3.05) is 26.7 Å². The number of hydrogen-bond donors (Lipinski definition) is 0. The molecule has 1 aliphatic carbocycles. The fourth-order valence-electron chi connectivity index (χ4n) is 3.38. The Bertz CT molecular complexity index is 757. The SMILES string of the molecule is CCCc1cccn1-c1ccccc1OCCN(C)CC1=CCCC=C1. The van der Waals surface area contributed by atoms with Crippen molar-refractivity contribution in [3.05, 3.63) is 72.1 Å². The third-order valence-corrected chi connectivity index (χ3v) is 4.72. The Hall–Kier alpha value is -2.26. The molecule has 0 unspecified atom stereocenters. The molecular weight excluding hydrogens is 320 g/mol. The molecule has 0 saturated heterocycles. The van der Waals surface area contributed by atoms with Crippen LogP contribution in [0.4, 0.5) is 0 Å². The van der Waals surface area contributed by atoms with E-state index in [4.69, 9.17) is 4.74 Å². The number of allylic oxidation sites excluding steroid dienone is 2. The molecule has 1 aromatic heterocycles. The van der Waals surface area contributed by atoms with Gasteiger partial charge in [-0.25, -0.2) is 0 Å². The van der Waals surface area contributed by atoms with Crippen LogP contribution in [0.2, 0.25) is 0 Å². The van der Waals surface area contributed by atoms with Gasteiger partial charge in [0.15, 0.2) is 0 Å².